The lowest BCUT2D eigenvalue weighted by molar-refractivity contribution is -0.132. The van der Waals surface area contributed by atoms with E-state index in [1.54, 1.807) is 11.0 Å². The topological polar surface area (TPSA) is 124 Å². The number of carbonyl (C=O) groups excluding carboxylic acids is 1. The first-order chi connectivity index (χ1) is 11.5. The van der Waals surface area contributed by atoms with Crippen LogP contribution in [0.15, 0.2) is 24.4 Å². The van der Waals surface area contributed by atoms with Gasteiger partial charge < -0.3 is 14.9 Å². The van der Waals surface area contributed by atoms with Crippen molar-refractivity contribution in [3.63, 3.8) is 0 Å². The normalized spacial score (nSPS) is 18.1. The van der Waals surface area contributed by atoms with E-state index in [2.05, 4.69) is 10.8 Å². The standard InChI is InChI=1S/C14H22N2O3.CH4O4S/c1-4-16-9-7-11(13(16)17)10-12(14(18)19)6-5-8-15(2)3;1-5-6(2,3)4/h4,10-11H,1,5-9H2,2-3H3,(H,18,19);1H3,(H,2,3,4). The number of hydrogen-bond donors (Lipinski definition) is 2. The van der Waals surface area contributed by atoms with E-state index < -0.39 is 16.4 Å². The Balaban J connectivity index is 0.000000823. The second-order valence-electron chi connectivity index (χ2n) is 5.61. The average molecular weight is 378 g/mol. The summed E-state index contributed by atoms with van der Waals surface area (Å²) < 4.78 is 29.7. The Morgan fingerprint density at radius 2 is 2.04 bits per heavy atom. The summed E-state index contributed by atoms with van der Waals surface area (Å²) in [6.07, 6.45) is 5.05. The molecule has 0 aromatic rings. The molecule has 1 rings (SSSR count). The lowest BCUT2D eigenvalue weighted by Crippen LogP contribution is -2.21. The second-order valence-corrected chi connectivity index (χ2v) is 6.80. The summed E-state index contributed by atoms with van der Waals surface area (Å²) in [5.74, 6) is -1.30. The zero-order chi connectivity index (χ0) is 19.6. The van der Waals surface area contributed by atoms with Crippen molar-refractivity contribution >= 4 is 22.3 Å². The third kappa shape index (κ3) is 9.97. The van der Waals surface area contributed by atoms with Crippen LogP contribution < -0.4 is 0 Å². The molecule has 0 bridgehead atoms. The van der Waals surface area contributed by atoms with Crippen molar-refractivity contribution in [3.8, 4) is 0 Å². The second kappa shape index (κ2) is 11.0. The average Bonchev–Trinajstić information content (AvgIpc) is 2.86. The van der Waals surface area contributed by atoms with E-state index in [9.17, 15) is 23.1 Å². The summed E-state index contributed by atoms with van der Waals surface area (Å²) in [7, 11) is 0.610. The van der Waals surface area contributed by atoms with Gasteiger partial charge in [-0.2, -0.15) is 8.42 Å². The van der Waals surface area contributed by atoms with E-state index in [1.807, 2.05) is 19.0 Å². The number of aliphatic carboxylic acids is 1. The molecule has 1 unspecified atom stereocenters. The van der Waals surface area contributed by atoms with Crippen molar-refractivity contribution in [1.82, 2.24) is 9.80 Å². The predicted molar refractivity (Wildman–Crippen MR) is 92.1 cm³/mol. The van der Waals surface area contributed by atoms with Crippen LogP contribution in [0.1, 0.15) is 19.3 Å². The molecule has 1 aliphatic rings. The van der Waals surface area contributed by atoms with Gasteiger partial charge >= 0.3 is 16.4 Å². The van der Waals surface area contributed by atoms with Crippen LogP contribution in [-0.2, 0) is 24.2 Å². The highest BCUT2D eigenvalue weighted by Crippen LogP contribution is 2.22. The van der Waals surface area contributed by atoms with Gasteiger partial charge in [-0.05, 0) is 46.1 Å². The Kier molecular flexibility index (Phi) is 10.2. The molecule has 1 amide bonds. The summed E-state index contributed by atoms with van der Waals surface area (Å²) >= 11 is 0. The Bertz CT molecular complexity index is 599. The number of carbonyl (C=O) groups is 2. The molecular formula is C15H26N2O7S. The maximum Gasteiger partial charge on any atom is 0.397 e. The molecule has 9 nitrogen and oxygen atoms in total. The molecule has 1 heterocycles. The molecule has 0 radical (unpaired) electrons. The van der Waals surface area contributed by atoms with Gasteiger partial charge in [-0.15, -0.1) is 0 Å². The van der Waals surface area contributed by atoms with E-state index in [0.29, 0.717) is 25.0 Å². The fourth-order valence-corrected chi connectivity index (χ4v) is 2.15. The van der Waals surface area contributed by atoms with Crippen LogP contribution in [0.5, 0.6) is 0 Å². The first-order valence-corrected chi connectivity index (χ1v) is 8.93. The Hall–Kier alpha value is -1.75. The molecule has 25 heavy (non-hydrogen) atoms. The molecule has 0 aromatic carbocycles. The third-order valence-electron chi connectivity index (χ3n) is 3.44. The Morgan fingerprint density at radius 1 is 1.48 bits per heavy atom. The van der Waals surface area contributed by atoms with E-state index in [4.69, 9.17) is 4.55 Å². The number of likely N-dealkylation sites (tertiary alicyclic amines) is 1. The maximum absolute atomic E-state index is 11.9. The Labute approximate surface area is 148 Å². The number of carboxylic acid groups (broad SMARTS) is 1. The van der Waals surface area contributed by atoms with E-state index in [1.165, 1.54) is 6.20 Å². The SMILES string of the molecule is C=CN1CCC(C=C(CCCN(C)C)C(=O)O)C1=O.COS(=O)(=O)O. The lowest BCUT2D eigenvalue weighted by atomic mass is 10.0. The number of amides is 1. The summed E-state index contributed by atoms with van der Waals surface area (Å²) in [4.78, 5) is 26.6. The zero-order valence-electron chi connectivity index (χ0n) is 14.7. The van der Waals surface area contributed by atoms with E-state index >= 15 is 0 Å². The quantitative estimate of drug-likeness (QED) is 0.469. The Morgan fingerprint density at radius 3 is 2.40 bits per heavy atom. The van der Waals surface area contributed by atoms with Crippen LogP contribution in [0.2, 0.25) is 0 Å². The van der Waals surface area contributed by atoms with Gasteiger partial charge in [0.15, 0.2) is 0 Å². The number of hydrogen-bond acceptors (Lipinski definition) is 6. The highest BCUT2D eigenvalue weighted by Gasteiger charge is 2.29. The van der Waals surface area contributed by atoms with Crippen molar-refractivity contribution in [2.45, 2.75) is 19.3 Å². The minimum Gasteiger partial charge on any atom is -0.478 e. The van der Waals surface area contributed by atoms with Crippen LogP contribution in [0.3, 0.4) is 0 Å². The van der Waals surface area contributed by atoms with Crippen LogP contribution in [0.4, 0.5) is 0 Å². The first-order valence-electron chi connectivity index (χ1n) is 7.56. The molecule has 0 spiro atoms. The number of nitrogens with zero attached hydrogens (tertiary/aromatic N) is 2. The highest BCUT2D eigenvalue weighted by molar-refractivity contribution is 7.80. The van der Waals surface area contributed by atoms with Gasteiger partial charge in [-0.3, -0.25) is 13.5 Å². The molecule has 2 N–H and O–H groups in total. The summed E-state index contributed by atoms with van der Waals surface area (Å²) in [6, 6.07) is 0. The van der Waals surface area contributed by atoms with Crippen molar-refractivity contribution < 1.29 is 31.8 Å². The minimum atomic E-state index is -4.16. The van der Waals surface area contributed by atoms with Gasteiger partial charge in [0.1, 0.15) is 0 Å². The predicted octanol–water partition coefficient (Wildman–Crippen LogP) is 0.767. The molecule has 0 aliphatic carbocycles. The van der Waals surface area contributed by atoms with Crippen molar-refractivity contribution in [3.05, 3.63) is 24.4 Å². The van der Waals surface area contributed by atoms with Crippen LogP contribution in [0, 0.1) is 5.92 Å². The van der Waals surface area contributed by atoms with Gasteiger partial charge in [-0.25, -0.2) is 4.79 Å². The third-order valence-corrected chi connectivity index (χ3v) is 3.86. The molecule has 0 saturated carbocycles. The monoisotopic (exact) mass is 378 g/mol. The summed E-state index contributed by atoms with van der Waals surface area (Å²) in [5, 5.41) is 9.18. The molecule has 10 heteroatoms. The molecule has 1 saturated heterocycles. The van der Waals surface area contributed by atoms with E-state index in [-0.39, 0.29) is 11.8 Å². The fraction of sp³-hybridized carbons (Fsp3) is 0.600. The van der Waals surface area contributed by atoms with Crippen LogP contribution in [-0.4, -0.2) is 74.0 Å². The fourth-order valence-electron chi connectivity index (χ4n) is 2.15. The van der Waals surface area contributed by atoms with Gasteiger partial charge in [0.05, 0.1) is 13.0 Å². The smallest absolute Gasteiger partial charge is 0.397 e. The van der Waals surface area contributed by atoms with Crippen molar-refractivity contribution in [2.75, 3.05) is 34.3 Å². The van der Waals surface area contributed by atoms with Gasteiger partial charge in [0, 0.05) is 12.1 Å². The number of carboxylic acids is 1. The molecule has 1 atom stereocenters. The van der Waals surface area contributed by atoms with Gasteiger partial charge in [0.25, 0.3) is 0 Å². The van der Waals surface area contributed by atoms with Crippen LogP contribution >= 0.6 is 0 Å². The molecule has 0 aromatic heterocycles. The van der Waals surface area contributed by atoms with Crippen LogP contribution in [0.25, 0.3) is 0 Å². The molecular weight excluding hydrogens is 352 g/mol. The molecule has 1 aliphatic heterocycles. The maximum atomic E-state index is 11.9. The zero-order valence-corrected chi connectivity index (χ0v) is 15.5. The summed E-state index contributed by atoms with van der Waals surface area (Å²) in [6.45, 7) is 5.03. The number of rotatable bonds is 8. The first kappa shape index (κ1) is 23.2. The van der Waals surface area contributed by atoms with Crippen molar-refractivity contribution in [1.29, 1.82) is 0 Å². The minimum absolute atomic E-state index is 0.0543. The largest absolute Gasteiger partial charge is 0.478 e. The lowest BCUT2D eigenvalue weighted by Gasteiger charge is -2.11. The molecule has 1 fully saturated rings. The molecule has 144 valence electrons. The highest BCUT2D eigenvalue weighted by atomic mass is 32.3. The van der Waals surface area contributed by atoms with Gasteiger partial charge in [0.2, 0.25) is 5.91 Å². The summed E-state index contributed by atoms with van der Waals surface area (Å²) in [5.41, 5.74) is 0.339. The van der Waals surface area contributed by atoms with E-state index in [0.717, 1.165) is 20.1 Å². The van der Waals surface area contributed by atoms with Gasteiger partial charge in [-0.1, -0.05) is 12.7 Å². The van der Waals surface area contributed by atoms with Crippen molar-refractivity contribution in [2.24, 2.45) is 5.92 Å².